The second-order valence-corrected chi connectivity index (χ2v) is 5.64. The molecule has 1 aliphatic heterocycles. The molecule has 0 saturated carbocycles. The van der Waals surface area contributed by atoms with Crippen molar-refractivity contribution >= 4 is 11.8 Å². The predicted octanol–water partition coefficient (Wildman–Crippen LogP) is 1.96. The summed E-state index contributed by atoms with van der Waals surface area (Å²) in [5, 5.41) is 13.4. The quantitative estimate of drug-likeness (QED) is 0.870. The van der Waals surface area contributed by atoms with Gasteiger partial charge in [-0.05, 0) is 33.1 Å². The molecule has 0 bridgehead atoms. The van der Waals surface area contributed by atoms with E-state index < -0.39 is 5.60 Å². The number of aryl methyl sites for hydroxylation is 1. The minimum atomic E-state index is -0.617. The number of anilines is 2. The Balaban J connectivity index is 2.16. The highest BCUT2D eigenvalue weighted by atomic mass is 16.3. The van der Waals surface area contributed by atoms with Gasteiger partial charge in [-0.25, -0.2) is 4.98 Å². The molecule has 1 saturated heterocycles. The molecule has 106 valence electrons. The summed E-state index contributed by atoms with van der Waals surface area (Å²) in [6, 6.07) is 1.98. The maximum atomic E-state index is 10.2. The van der Waals surface area contributed by atoms with Crippen LogP contribution in [-0.2, 0) is 0 Å². The lowest BCUT2D eigenvalue weighted by atomic mass is 9.95. The fourth-order valence-electron chi connectivity index (χ4n) is 2.45. The Kier molecular flexibility index (Phi) is 4.24. The Hall–Kier alpha value is -1.36. The number of piperidine rings is 1. The molecule has 1 fully saturated rings. The third-order valence-electron chi connectivity index (χ3n) is 3.37. The van der Waals surface area contributed by atoms with E-state index in [0.717, 1.165) is 43.9 Å². The summed E-state index contributed by atoms with van der Waals surface area (Å²) in [7, 11) is 0. The Bertz CT molecular complexity index is 433. The molecule has 2 rings (SSSR count). The van der Waals surface area contributed by atoms with E-state index in [4.69, 9.17) is 0 Å². The molecule has 1 atom stereocenters. The van der Waals surface area contributed by atoms with Crippen LogP contribution in [0.1, 0.15) is 38.8 Å². The lowest BCUT2D eigenvalue weighted by molar-refractivity contribution is 0.0447. The SMILES string of the molecule is CCCNc1nc(C)cc(N2CCCC(C)(O)C2)n1. The van der Waals surface area contributed by atoms with Gasteiger partial charge in [-0.3, -0.25) is 0 Å². The van der Waals surface area contributed by atoms with Gasteiger partial charge in [-0.15, -0.1) is 0 Å². The molecule has 0 aliphatic carbocycles. The standard InChI is InChI=1S/C14H24N4O/c1-4-7-15-13-16-11(2)9-12(17-13)18-8-5-6-14(3,19)10-18/h9,19H,4-8,10H2,1-3H3,(H,15,16,17). The van der Waals surface area contributed by atoms with E-state index in [9.17, 15) is 5.11 Å². The van der Waals surface area contributed by atoms with E-state index in [0.29, 0.717) is 12.5 Å². The number of hydrogen-bond acceptors (Lipinski definition) is 5. The zero-order valence-corrected chi connectivity index (χ0v) is 12.1. The van der Waals surface area contributed by atoms with Crippen LogP contribution < -0.4 is 10.2 Å². The number of aliphatic hydroxyl groups is 1. The number of aromatic nitrogens is 2. The average Bonchev–Trinajstić information content (AvgIpc) is 2.34. The molecule has 0 spiro atoms. The van der Waals surface area contributed by atoms with Gasteiger partial charge >= 0.3 is 0 Å². The Morgan fingerprint density at radius 1 is 1.47 bits per heavy atom. The van der Waals surface area contributed by atoms with E-state index in [-0.39, 0.29) is 0 Å². The summed E-state index contributed by atoms with van der Waals surface area (Å²) in [6.45, 7) is 8.44. The van der Waals surface area contributed by atoms with Crippen LogP contribution in [0.2, 0.25) is 0 Å². The molecule has 2 N–H and O–H groups in total. The van der Waals surface area contributed by atoms with Gasteiger partial charge < -0.3 is 15.3 Å². The highest BCUT2D eigenvalue weighted by molar-refractivity contribution is 5.45. The van der Waals surface area contributed by atoms with E-state index >= 15 is 0 Å². The Labute approximate surface area is 115 Å². The van der Waals surface area contributed by atoms with E-state index in [1.165, 1.54) is 0 Å². The molecular formula is C14H24N4O. The van der Waals surface area contributed by atoms with Crippen LogP contribution in [0.4, 0.5) is 11.8 Å². The molecule has 0 amide bonds. The third-order valence-corrected chi connectivity index (χ3v) is 3.37. The van der Waals surface area contributed by atoms with Gasteiger partial charge in [0.25, 0.3) is 0 Å². The zero-order chi connectivity index (χ0) is 13.9. The number of nitrogens with zero attached hydrogens (tertiary/aromatic N) is 3. The van der Waals surface area contributed by atoms with Crippen molar-refractivity contribution in [2.24, 2.45) is 0 Å². The van der Waals surface area contributed by atoms with Crippen molar-refractivity contribution in [2.45, 2.75) is 45.6 Å². The maximum Gasteiger partial charge on any atom is 0.224 e. The van der Waals surface area contributed by atoms with Crippen LogP contribution in [0.25, 0.3) is 0 Å². The van der Waals surface area contributed by atoms with Crippen LogP contribution in [0, 0.1) is 6.92 Å². The molecule has 19 heavy (non-hydrogen) atoms. The van der Waals surface area contributed by atoms with Crippen LogP contribution in [0.15, 0.2) is 6.07 Å². The normalized spacial score (nSPS) is 23.5. The van der Waals surface area contributed by atoms with E-state index in [1.54, 1.807) is 0 Å². The predicted molar refractivity (Wildman–Crippen MR) is 77.6 cm³/mol. The summed E-state index contributed by atoms with van der Waals surface area (Å²) in [5.74, 6) is 1.59. The van der Waals surface area contributed by atoms with Crippen LogP contribution >= 0.6 is 0 Å². The van der Waals surface area contributed by atoms with Gasteiger partial charge in [0.15, 0.2) is 0 Å². The van der Waals surface area contributed by atoms with Gasteiger partial charge in [-0.1, -0.05) is 6.92 Å². The molecule has 1 unspecified atom stereocenters. The van der Waals surface area contributed by atoms with Crippen LogP contribution in [0.5, 0.6) is 0 Å². The molecule has 2 heterocycles. The molecule has 1 aliphatic rings. The van der Waals surface area contributed by atoms with Crippen molar-refractivity contribution in [1.29, 1.82) is 0 Å². The summed E-state index contributed by atoms with van der Waals surface area (Å²) in [5.41, 5.74) is 0.336. The van der Waals surface area contributed by atoms with Crippen molar-refractivity contribution in [2.75, 3.05) is 29.9 Å². The highest BCUT2D eigenvalue weighted by Gasteiger charge is 2.29. The van der Waals surface area contributed by atoms with Gasteiger partial charge in [-0.2, -0.15) is 4.98 Å². The van der Waals surface area contributed by atoms with Crippen molar-refractivity contribution in [3.63, 3.8) is 0 Å². The van der Waals surface area contributed by atoms with Gasteiger partial charge in [0.2, 0.25) is 5.95 Å². The van der Waals surface area contributed by atoms with E-state index in [1.807, 2.05) is 19.9 Å². The second-order valence-electron chi connectivity index (χ2n) is 5.64. The highest BCUT2D eigenvalue weighted by Crippen LogP contribution is 2.25. The molecule has 1 aromatic rings. The summed E-state index contributed by atoms with van der Waals surface area (Å²) >= 11 is 0. The smallest absolute Gasteiger partial charge is 0.224 e. The lowest BCUT2D eigenvalue weighted by Crippen LogP contribution is -2.46. The molecular weight excluding hydrogens is 240 g/mol. The molecule has 1 aromatic heterocycles. The molecule has 0 aromatic carbocycles. The topological polar surface area (TPSA) is 61.3 Å². The number of rotatable bonds is 4. The van der Waals surface area contributed by atoms with E-state index in [2.05, 4.69) is 27.1 Å². The first-order valence-corrected chi connectivity index (χ1v) is 7.07. The van der Waals surface area contributed by atoms with Gasteiger partial charge in [0.05, 0.1) is 5.60 Å². The first-order chi connectivity index (χ1) is 9.00. The fourth-order valence-corrected chi connectivity index (χ4v) is 2.45. The monoisotopic (exact) mass is 264 g/mol. The second kappa shape index (κ2) is 5.74. The molecule has 5 heteroatoms. The van der Waals surface area contributed by atoms with Crippen molar-refractivity contribution < 1.29 is 5.11 Å². The zero-order valence-electron chi connectivity index (χ0n) is 12.1. The molecule has 5 nitrogen and oxygen atoms in total. The summed E-state index contributed by atoms with van der Waals surface area (Å²) in [4.78, 5) is 11.1. The van der Waals surface area contributed by atoms with Gasteiger partial charge in [0.1, 0.15) is 5.82 Å². The Morgan fingerprint density at radius 3 is 2.95 bits per heavy atom. The lowest BCUT2D eigenvalue weighted by Gasteiger charge is -2.37. The summed E-state index contributed by atoms with van der Waals surface area (Å²) < 4.78 is 0. The number of nitrogens with one attached hydrogen (secondary N) is 1. The Morgan fingerprint density at radius 2 is 2.26 bits per heavy atom. The fraction of sp³-hybridized carbons (Fsp3) is 0.714. The van der Waals surface area contributed by atoms with Crippen molar-refractivity contribution in [1.82, 2.24) is 9.97 Å². The number of hydrogen-bond donors (Lipinski definition) is 2. The number of β-amino-alcohol motifs (C(OH)–C–C–N with tert-alkyl or cyclic N) is 1. The van der Waals surface area contributed by atoms with Crippen LogP contribution in [0.3, 0.4) is 0 Å². The van der Waals surface area contributed by atoms with Crippen molar-refractivity contribution in [3.05, 3.63) is 11.8 Å². The minimum absolute atomic E-state index is 0.617. The molecule has 0 radical (unpaired) electrons. The van der Waals surface area contributed by atoms with Gasteiger partial charge in [0, 0.05) is 31.4 Å². The first kappa shape index (κ1) is 14.1. The maximum absolute atomic E-state index is 10.2. The van der Waals surface area contributed by atoms with Crippen molar-refractivity contribution in [3.8, 4) is 0 Å². The minimum Gasteiger partial charge on any atom is -0.388 e. The largest absolute Gasteiger partial charge is 0.388 e. The average molecular weight is 264 g/mol. The third kappa shape index (κ3) is 3.80. The first-order valence-electron chi connectivity index (χ1n) is 7.07. The van der Waals surface area contributed by atoms with Crippen LogP contribution in [-0.4, -0.2) is 40.3 Å². The summed E-state index contributed by atoms with van der Waals surface area (Å²) in [6.07, 6.45) is 2.90.